The van der Waals surface area contributed by atoms with Gasteiger partial charge in [0.15, 0.2) is 5.65 Å². The van der Waals surface area contributed by atoms with Crippen LogP contribution in [0.25, 0.3) is 16.6 Å². The molecule has 0 saturated carbocycles. The second kappa shape index (κ2) is 5.86. The van der Waals surface area contributed by atoms with Gasteiger partial charge in [0.1, 0.15) is 12.9 Å². The Kier molecular flexibility index (Phi) is 3.53. The summed E-state index contributed by atoms with van der Waals surface area (Å²) >= 11 is 0. The zero-order chi connectivity index (χ0) is 17.4. The van der Waals surface area contributed by atoms with Gasteiger partial charge < -0.3 is 5.32 Å². The summed E-state index contributed by atoms with van der Waals surface area (Å²) in [6.45, 7) is 1.80. The maximum absolute atomic E-state index is 12.5. The average Bonchev–Trinajstić information content (AvgIpc) is 2.92. The molecule has 0 spiro atoms. The predicted molar refractivity (Wildman–Crippen MR) is 94.6 cm³/mol. The molecule has 0 aliphatic carbocycles. The van der Waals surface area contributed by atoms with Gasteiger partial charge in [-0.2, -0.15) is 0 Å². The molecule has 0 radical (unpaired) electrons. The number of para-hydroxylation sites is 1. The Balaban J connectivity index is 1.71. The van der Waals surface area contributed by atoms with E-state index in [0.29, 0.717) is 11.3 Å². The van der Waals surface area contributed by atoms with Crippen LogP contribution in [0.5, 0.6) is 0 Å². The van der Waals surface area contributed by atoms with Gasteiger partial charge in [-0.05, 0) is 31.2 Å². The van der Waals surface area contributed by atoms with E-state index in [0.717, 1.165) is 21.1 Å². The molecule has 1 amide bonds. The molecule has 0 aliphatic rings. The van der Waals surface area contributed by atoms with Crippen LogP contribution < -0.4 is 11.0 Å². The number of anilines is 1. The third-order valence-corrected chi connectivity index (χ3v) is 3.93. The maximum atomic E-state index is 12.5. The number of carbonyl (C=O) groups excluding carboxylic acids is 1. The topological polar surface area (TPSA) is 81.3 Å². The van der Waals surface area contributed by atoms with Crippen molar-refractivity contribution in [3.8, 4) is 0 Å². The van der Waals surface area contributed by atoms with Crippen molar-refractivity contribution < 1.29 is 4.79 Å². The molecule has 1 N–H and O–H groups in total. The highest BCUT2D eigenvalue weighted by atomic mass is 16.2. The Bertz CT molecular complexity index is 1140. The third kappa shape index (κ3) is 2.76. The van der Waals surface area contributed by atoms with Gasteiger partial charge in [-0.3, -0.25) is 4.79 Å². The molecule has 0 atom stereocenters. The van der Waals surface area contributed by atoms with Crippen molar-refractivity contribution >= 4 is 28.1 Å². The molecule has 2 heterocycles. The molecule has 4 aromatic rings. The lowest BCUT2D eigenvalue weighted by Crippen LogP contribution is -2.28. The van der Waals surface area contributed by atoms with E-state index in [2.05, 4.69) is 15.4 Å². The van der Waals surface area contributed by atoms with E-state index in [1.54, 1.807) is 12.1 Å². The van der Waals surface area contributed by atoms with Crippen molar-refractivity contribution in [1.82, 2.24) is 19.2 Å². The van der Waals surface area contributed by atoms with Gasteiger partial charge in [0.2, 0.25) is 5.91 Å². The van der Waals surface area contributed by atoms with E-state index in [1.165, 1.54) is 10.7 Å². The van der Waals surface area contributed by atoms with Gasteiger partial charge in [0.25, 0.3) is 0 Å². The Hall–Kier alpha value is -3.48. The molecule has 0 unspecified atom stereocenters. The predicted octanol–water partition coefficient (Wildman–Crippen LogP) is 1.99. The van der Waals surface area contributed by atoms with E-state index in [4.69, 9.17) is 0 Å². The third-order valence-electron chi connectivity index (χ3n) is 3.93. The van der Waals surface area contributed by atoms with E-state index in [-0.39, 0.29) is 12.5 Å². The highest BCUT2D eigenvalue weighted by Crippen LogP contribution is 2.16. The van der Waals surface area contributed by atoms with Crippen LogP contribution in [0.15, 0.2) is 59.7 Å². The first-order chi connectivity index (χ1) is 12.1. The van der Waals surface area contributed by atoms with Crippen molar-refractivity contribution in [2.24, 2.45) is 0 Å². The summed E-state index contributed by atoms with van der Waals surface area (Å²) in [5.41, 5.74) is 2.57. The molecule has 0 fully saturated rings. The molecule has 0 aliphatic heterocycles. The standard InChI is InChI=1S/C18H15N5O2/c1-12-7-8-15-14(9-12)17-21-23(18(25)22(17)11-19-15)10-16(24)20-13-5-3-2-4-6-13/h2-9,11H,10H2,1H3,(H,20,24). The fourth-order valence-electron chi connectivity index (χ4n) is 2.73. The summed E-state index contributed by atoms with van der Waals surface area (Å²) < 4.78 is 2.51. The fourth-order valence-corrected chi connectivity index (χ4v) is 2.73. The number of carbonyl (C=O) groups is 1. The second-order valence-corrected chi connectivity index (χ2v) is 5.81. The summed E-state index contributed by atoms with van der Waals surface area (Å²) in [4.78, 5) is 29.0. The summed E-state index contributed by atoms with van der Waals surface area (Å²) in [6, 6.07) is 14.8. The van der Waals surface area contributed by atoms with Crippen LogP contribution in [0, 0.1) is 6.92 Å². The van der Waals surface area contributed by atoms with Gasteiger partial charge in [0.05, 0.1) is 5.52 Å². The smallest absolute Gasteiger partial charge is 0.324 e. The van der Waals surface area contributed by atoms with Crippen LogP contribution in [-0.2, 0) is 11.3 Å². The summed E-state index contributed by atoms with van der Waals surface area (Å²) in [5, 5.41) is 7.85. The van der Waals surface area contributed by atoms with Crippen molar-refractivity contribution in [3.05, 3.63) is 70.9 Å². The number of benzene rings is 2. The molecular weight excluding hydrogens is 318 g/mol. The van der Waals surface area contributed by atoms with E-state index >= 15 is 0 Å². The zero-order valence-corrected chi connectivity index (χ0v) is 13.5. The zero-order valence-electron chi connectivity index (χ0n) is 13.5. The Morgan fingerprint density at radius 2 is 1.96 bits per heavy atom. The SMILES string of the molecule is Cc1ccc2ncn3c(=O)n(CC(=O)Nc4ccccc4)nc3c2c1. The minimum absolute atomic E-state index is 0.164. The molecule has 2 aromatic carbocycles. The molecule has 0 saturated heterocycles. The lowest BCUT2D eigenvalue weighted by atomic mass is 10.2. The minimum Gasteiger partial charge on any atom is -0.324 e. The number of amides is 1. The fraction of sp³-hybridized carbons (Fsp3) is 0.111. The van der Waals surface area contributed by atoms with Gasteiger partial charge in [0, 0.05) is 11.1 Å². The van der Waals surface area contributed by atoms with Gasteiger partial charge in [-0.1, -0.05) is 29.8 Å². The van der Waals surface area contributed by atoms with Crippen LogP contribution >= 0.6 is 0 Å². The second-order valence-electron chi connectivity index (χ2n) is 5.81. The van der Waals surface area contributed by atoms with Gasteiger partial charge >= 0.3 is 5.69 Å². The van der Waals surface area contributed by atoms with Crippen molar-refractivity contribution in [2.75, 3.05) is 5.32 Å². The first kappa shape index (κ1) is 15.1. The maximum Gasteiger partial charge on any atom is 0.352 e. The average molecular weight is 333 g/mol. The molecule has 7 nitrogen and oxygen atoms in total. The molecule has 0 bridgehead atoms. The lowest BCUT2D eigenvalue weighted by Gasteiger charge is -2.03. The van der Waals surface area contributed by atoms with E-state index in [9.17, 15) is 9.59 Å². The number of rotatable bonds is 3. The van der Waals surface area contributed by atoms with Crippen LogP contribution in [0.4, 0.5) is 5.69 Å². The number of aryl methyl sites for hydroxylation is 1. The highest BCUT2D eigenvalue weighted by molar-refractivity contribution is 5.92. The summed E-state index contributed by atoms with van der Waals surface area (Å²) in [6.07, 6.45) is 1.44. The van der Waals surface area contributed by atoms with Crippen LogP contribution in [0.3, 0.4) is 0 Å². The number of nitrogens with one attached hydrogen (secondary N) is 1. The molecule has 2 aromatic heterocycles. The van der Waals surface area contributed by atoms with E-state index < -0.39 is 5.69 Å². The molecule has 4 rings (SSSR count). The normalized spacial score (nSPS) is 11.1. The Morgan fingerprint density at radius 3 is 2.76 bits per heavy atom. The number of nitrogens with zero attached hydrogens (tertiary/aromatic N) is 4. The number of hydrogen-bond donors (Lipinski definition) is 1. The first-order valence-electron chi connectivity index (χ1n) is 7.81. The molecule has 124 valence electrons. The van der Waals surface area contributed by atoms with Crippen molar-refractivity contribution in [3.63, 3.8) is 0 Å². The quantitative estimate of drug-likeness (QED) is 0.622. The Labute approximate surface area is 142 Å². The van der Waals surface area contributed by atoms with Gasteiger partial charge in [-0.15, -0.1) is 5.10 Å². The first-order valence-corrected chi connectivity index (χ1v) is 7.81. The number of hydrogen-bond acceptors (Lipinski definition) is 4. The van der Waals surface area contributed by atoms with Crippen LogP contribution in [-0.4, -0.2) is 25.1 Å². The van der Waals surface area contributed by atoms with Crippen LogP contribution in [0.1, 0.15) is 5.56 Å². The van der Waals surface area contributed by atoms with Gasteiger partial charge in [-0.25, -0.2) is 18.9 Å². The summed E-state index contributed by atoms with van der Waals surface area (Å²) in [7, 11) is 0. The van der Waals surface area contributed by atoms with E-state index in [1.807, 2.05) is 43.3 Å². The lowest BCUT2D eigenvalue weighted by molar-refractivity contribution is -0.117. The molecule has 25 heavy (non-hydrogen) atoms. The summed E-state index contributed by atoms with van der Waals surface area (Å²) in [5.74, 6) is -0.315. The number of aromatic nitrogens is 4. The van der Waals surface area contributed by atoms with Crippen LogP contribution in [0.2, 0.25) is 0 Å². The number of fused-ring (bicyclic) bond motifs is 3. The monoisotopic (exact) mass is 333 g/mol. The molecular formula is C18H15N5O2. The minimum atomic E-state index is -0.394. The largest absolute Gasteiger partial charge is 0.352 e. The van der Waals surface area contributed by atoms with Crippen molar-refractivity contribution in [2.45, 2.75) is 13.5 Å². The molecule has 7 heteroatoms. The highest BCUT2D eigenvalue weighted by Gasteiger charge is 2.13. The Morgan fingerprint density at radius 1 is 1.16 bits per heavy atom. The van der Waals surface area contributed by atoms with Crippen molar-refractivity contribution in [1.29, 1.82) is 0 Å².